The fourth-order valence-corrected chi connectivity index (χ4v) is 1.26. The number of rotatable bonds is 11. The first-order valence-corrected chi connectivity index (χ1v) is 6.41. The molecular formula is C12H27N3O3. The normalized spacial score (nSPS) is 14.2. The van der Waals surface area contributed by atoms with E-state index in [9.17, 15) is 4.79 Å². The van der Waals surface area contributed by atoms with Gasteiger partial charge >= 0.3 is 0 Å². The number of nitrogens with one attached hydrogen (secondary N) is 2. The summed E-state index contributed by atoms with van der Waals surface area (Å²) in [5, 5.41) is 5.79. The lowest BCUT2D eigenvalue weighted by Gasteiger charge is -2.14. The maximum absolute atomic E-state index is 11.0. The molecule has 0 aliphatic rings. The Balaban J connectivity index is 3.26. The molecule has 2 atom stereocenters. The van der Waals surface area contributed by atoms with Gasteiger partial charge in [0.1, 0.15) is 0 Å². The number of nitrogens with two attached hydrogens (primary N) is 1. The predicted octanol–water partition coefficient (Wildman–Crippen LogP) is -0.519. The molecular weight excluding hydrogens is 234 g/mol. The number of amides is 1. The number of carbonyl (C=O) groups is 1. The van der Waals surface area contributed by atoms with Crippen LogP contribution < -0.4 is 16.4 Å². The second kappa shape index (κ2) is 11.4. The van der Waals surface area contributed by atoms with E-state index in [1.807, 2.05) is 13.8 Å². The molecule has 108 valence electrons. The lowest BCUT2D eigenvalue weighted by Crippen LogP contribution is -2.34. The van der Waals surface area contributed by atoms with Crippen LogP contribution >= 0.6 is 0 Å². The van der Waals surface area contributed by atoms with Crippen molar-refractivity contribution in [2.75, 3.05) is 40.0 Å². The SMILES string of the molecule is CNC(=O)CCNC(C)COCCOCC(C)N. The zero-order valence-electron chi connectivity index (χ0n) is 11.7. The van der Waals surface area contributed by atoms with E-state index < -0.39 is 0 Å². The second-order valence-corrected chi connectivity index (χ2v) is 4.41. The van der Waals surface area contributed by atoms with Crippen LogP contribution in [0.5, 0.6) is 0 Å². The van der Waals surface area contributed by atoms with Crippen LogP contribution in [0.2, 0.25) is 0 Å². The average molecular weight is 261 g/mol. The third-order valence-electron chi connectivity index (χ3n) is 2.24. The van der Waals surface area contributed by atoms with E-state index in [0.717, 1.165) is 0 Å². The van der Waals surface area contributed by atoms with Gasteiger partial charge in [-0.2, -0.15) is 0 Å². The monoisotopic (exact) mass is 261 g/mol. The molecule has 4 N–H and O–H groups in total. The Hall–Kier alpha value is -0.690. The molecule has 0 fully saturated rings. The van der Waals surface area contributed by atoms with Gasteiger partial charge in [-0.3, -0.25) is 4.79 Å². The minimum Gasteiger partial charge on any atom is -0.377 e. The van der Waals surface area contributed by atoms with Crippen LogP contribution in [0.1, 0.15) is 20.3 Å². The first kappa shape index (κ1) is 17.3. The largest absolute Gasteiger partial charge is 0.377 e. The van der Waals surface area contributed by atoms with Crippen molar-refractivity contribution in [3.63, 3.8) is 0 Å². The van der Waals surface area contributed by atoms with Gasteiger partial charge in [-0.25, -0.2) is 0 Å². The Labute approximate surface area is 110 Å². The van der Waals surface area contributed by atoms with Crippen LogP contribution in [0.4, 0.5) is 0 Å². The van der Waals surface area contributed by atoms with Gasteiger partial charge in [0.2, 0.25) is 5.91 Å². The Morgan fingerprint density at radius 1 is 1.22 bits per heavy atom. The second-order valence-electron chi connectivity index (χ2n) is 4.41. The van der Waals surface area contributed by atoms with Crippen LogP contribution in [0.3, 0.4) is 0 Å². The maximum atomic E-state index is 11.0. The molecule has 0 bridgehead atoms. The quantitative estimate of drug-likeness (QED) is 0.436. The molecule has 0 radical (unpaired) electrons. The van der Waals surface area contributed by atoms with Crippen LogP contribution in [0.25, 0.3) is 0 Å². The first-order chi connectivity index (χ1) is 8.56. The summed E-state index contributed by atoms with van der Waals surface area (Å²) in [6, 6.07) is 0.290. The van der Waals surface area contributed by atoms with Crippen molar-refractivity contribution in [3.8, 4) is 0 Å². The summed E-state index contributed by atoms with van der Waals surface area (Å²) in [7, 11) is 1.64. The van der Waals surface area contributed by atoms with Gasteiger partial charge in [0.15, 0.2) is 0 Å². The average Bonchev–Trinajstić information content (AvgIpc) is 2.33. The lowest BCUT2D eigenvalue weighted by atomic mass is 10.3. The van der Waals surface area contributed by atoms with E-state index >= 15 is 0 Å². The molecule has 0 aliphatic carbocycles. The molecule has 0 aliphatic heterocycles. The van der Waals surface area contributed by atoms with Crippen molar-refractivity contribution >= 4 is 5.91 Å². The van der Waals surface area contributed by atoms with Gasteiger partial charge in [0.25, 0.3) is 0 Å². The lowest BCUT2D eigenvalue weighted by molar-refractivity contribution is -0.120. The van der Waals surface area contributed by atoms with Gasteiger partial charge in [-0.15, -0.1) is 0 Å². The van der Waals surface area contributed by atoms with Crippen molar-refractivity contribution in [1.29, 1.82) is 0 Å². The van der Waals surface area contributed by atoms with E-state index in [1.165, 1.54) is 0 Å². The third-order valence-corrected chi connectivity index (χ3v) is 2.24. The summed E-state index contributed by atoms with van der Waals surface area (Å²) < 4.78 is 10.7. The van der Waals surface area contributed by atoms with Crippen molar-refractivity contribution < 1.29 is 14.3 Å². The standard InChI is InChI=1S/C12H27N3O3/c1-10(13)8-17-6-7-18-9-11(2)15-5-4-12(16)14-3/h10-11,15H,4-9,13H2,1-3H3,(H,14,16). The van der Waals surface area contributed by atoms with Crippen LogP contribution in [-0.4, -0.2) is 58.0 Å². The van der Waals surface area contributed by atoms with Crippen molar-refractivity contribution in [1.82, 2.24) is 10.6 Å². The van der Waals surface area contributed by atoms with Crippen LogP contribution in [0, 0.1) is 0 Å². The highest BCUT2D eigenvalue weighted by atomic mass is 16.5. The maximum Gasteiger partial charge on any atom is 0.221 e. The molecule has 0 heterocycles. The smallest absolute Gasteiger partial charge is 0.221 e. The Kier molecular flexibility index (Phi) is 11.0. The number of hydrogen-bond donors (Lipinski definition) is 3. The summed E-state index contributed by atoms with van der Waals surface area (Å²) in [6.45, 7) is 6.87. The molecule has 6 nitrogen and oxygen atoms in total. The van der Waals surface area contributed by atoms with Gasteiger partial charge in [-0.1, -0.05) is 0 Å². The topological polar surface area (TPSA) is 85.6 Å². The molecule has 0 saturated heterocycles. The minimum atomic E-state index is 0.0416. The van der Waals surface area contributed by atoms with Gasteiger partial charge in [-0.05, 0) is 13.8 Å². The highest BCUT2D eigenvalue weighted by Gasteiger charge is 2.03. The zero-order chi connectivity index (χ0) is 13.8. The van der Waals surface area contributed by atoms with E-state index in [-0.39, 0.29) is 18.0 Å². The van der Waals surface area contributed by atoms with Crippen molar-refractivity contribution in [2.45, 2.75) is 32.4 Å². The molecule has 0 saturated carbocycles. The molecule has 6 heteroatoms. The number of hydrogen-bond acceptors (Lipinski definition) is 5. The fraction of sp³-hybridized carbons (Fsp3) is 0.917. The molecule has 18 heavy (non-hydrogen) atoms. The Morgan fingerprint density at radius 3 is 2.39 bits per heavy atom. The molecule has 0 aromatic carbocycles. The molecule has 0 spiro atoms. The number of ether oxygens (including phenoxy) is 2. The minimum absolute atomic E-state index is 0.0416. The van der Waals surface area contributed by atoms with E-state index in [1.54, 1.807) is 7.05 Å². The summed E-state index contributed by atoms with van der Waals surface area (Å²) in [6.07, 6.45) is 0.484. The molecule has 1 amide bonds. The van der Waals surface area contributed by atoms with Crippen LogP contribution in [0.15, 0.2) is 0 Å². The highest BCUT2D eigenvalue weighted by molar-refractivity contribution is 5.75. The summed E-state index contributed by atoms with van der Waals surface area (Å²) in [5.74, 6) is 0.0416. The summed E-state index contributed by atoms with van der Waals surface area (Å²) >= 11 is 0. The van der Waals surface area contributed by atoms with E-state index in [2.05, 4.69) is 10.6 Å². The Morgan fingerprint density at radius 2 is 1.83 bits per heavy atom. The summed E-state index contributed by atoms with van der Waals surface area (Å²) in [4.78, 5) is 11.0. The van der Waals surface area contributed by atoms with E-state index in [0.29, 0.717) is 39.4 Å². The third kappa shape index (κ3) is 11.8. The highest BCUT2D eigenvalue weighted by Crippen LogP contribution is 1.87. The van der Waals surface area contributed by atoms with Gasteiger partial charge in [0.05, 0.1) is 26.4 Å². The van der Waals surface area contributed by atoms with E-state index in [4.69, 9.17) is 15.2 Å². The van der Waals surface area contributed by atoms with Crippen molar-refractivity contribution in [2.24, 2.45) is 5.73 Å². The Bertz CT molecular complexity index is 213. The number of carbonyl (C=O) groups excluding carboxylic acids is 1. The summed E-state index contributed by atoms with van der Waals surface area (Å²) in [5.41, 5.74) is 5.54. The van der Waals surface area contributed by atoms with Crippen molar-refractivity contribution in [3.05, 3.63) is 0 Å². The van der Waals surface area contributed by atoms with Crippen LogP contribution in [-0.2, 0) is 14.3 Å². The predicted molar refractivity (Wildman–Crippen MR) is 71.4 cm³/mol. The van der Waals surface area contributed by atoms with Gasteiger partial charge in [0, 0.05) is 32.1 Å². The molecule has 0 rings (SSSR count). The first-order valence-electron chi connectivity index (χ1n) is 6.41. The fourth-order valence-electron chi connectivity index (χ4n) is 1.26. The molecule has 2 unspecified atom stereocenters. The molecule has 0 aromatic rings. The van der Waals surface area contributed by atoms with Gasteiger partial charge < -0.3 is 25.8 Å². The molecule has 0 aromatic heterocycles. The zero-order valence-corrected chi connectivity index (χ0v) is 11.7.